The van der Waals surface area contributed by atoms with E-state index in [9.17, 15) is 4.79 Å². The van der Waals surface area contributed by atoms with Crippen molar-refractivity contribution in [1.82, 2.24) is 15.3 Å². The Morgan fingerprint density at radius 1 is 1.03 bits per heavy atom. The molecule has 1 N–H and O–H groups in total. The van der Waals surface area contributed by atoms with Crippen molar-refractivity contribution in [3.63, 3.8) is 0 Å². The molecule has 1 aromatic heterocycles. The SMILES string of the molecule is Cc1ccccc1N1CCN(c2nc(-c3ccccc3)ncc2C(=O)NCC2CCCO2)CC1. The van der Waals surface area contributed by atoms with Gasteiger partial charge in [0.25, 0.3) is 5.91 Å². The van der Waals surface area contributed by atoms with Crippen LogP contribution in [0.5, 0.6) is 0 Å². The van der Waals surface area contributed by atoms with Crippen LogP contribution in [0.4, 0.5) is 11.5 Å². The summed E-state index contributed by atoms with van der Waals surface area (Å²) in [5, 5.41) is 3.04. The summed E-state index contributed by atoms with van der Waals surface area (Å²) < 4.78 is 5.66. The van der Waals surface area contributed by atoms with Crippen LogP contribution in [-0.4, -0.2) is 61.3 Å². The zero-order valence-corrected chi connectivity index (χ0v) is 19.6. The summed E-state index contributed by atoms with van der Waals surface area (Å²) in [7, 11) is 0. The van der Waals surface area contributed by atoms with Crippen molar-refractivity contribution >= 4 is 17.4 Å². The van der Waals surface area contributed by atoms with Crippen LogP contribution in [0.25, 0.3) is 11.4 Å². The van der Waals surface area contributed by atoms with E-state index < -0.39 is 0 Å². The van der Waals surface area contributed by atoms with Crippen molar-refractivity contribution in [3.05, 3.63) is 71.9 Å². The van der Waals surface area contributed by atoms with Gasteiger partial charge >= 0.3 is 0 Å². The standard InChI is InChI=1S/C27H31N5O2/c1-20-8-5-6-12-24(20)31-13-15-32(16-14-31)26-23(27(33)29-18-22-11-7-17-34-22)19-28-25(30-26)21-9-3-2-4-10-21/h2-6,8-10,12,19,22H,7,11,13-18H2,1H3,(H,29,33). The van der Waals surface area contributed by atoms with E-state index in [1.807, 2.05) is 30.3 Å². The number of ether oxygens (including phenoxy) is 1. The Hall–Kier alpha value is -3.45. The van der Waals surface area contributed by atoms with Crippen molar-refractivity contribution < 1.29 is 9.53 Å². The molecule has 3 aromatic rings. The number of carbonyl (C=O) groups is 1. The number of para-hydroxylation sites is 1. The Morgan fingerprint density at radius 2 is 1.76 bits per heavy atom. The predicted molar refractivity (Wildman–Crippen MR) is 134 cm³/mol. The minimum atomic E-state index is -0.147. The van der Waals surface area contributed by atoms with Gasteiger partial charge < -0.3 is 19.9 Å². The Labute approximate surface area is 200 Å². The van der Waals surface area contributed by atoms with Crippen LogP contribution in [-0.2, 0) is 4.74 Å². The quantitative estimate of drug-likeness (QED) is 0.609. The molecule has 34 heavy (non-hydrogen) atoms. The number of rotatable bonds is 6. The number of benzene rings is 2. The van der Waals surface area contributed by atoms with Gasteiger partial charge in [-0.05, 0) is 31.4 Å². The fraction of sp³-hybridized carbons (Fsp3) is 0.370. The molecule has 176 valence electrons. The second-order valence-electron chi connectivity index (χ2n) is 8.90. The Morgan fingerprint density at radius 3 is 2.50 bits per heavy atom. The summed E-state index contributed by atoms with van der Waals surface area (Å²) in [5.41, 5.74) is 4.00. The Bertz CT molecular complexity index is 1120. The Kier molecular flexibility index (Phi) is 6.72. The molecule has 1 unspecified atom stereocenters. The first-order valence-electron chi connectivity index (χ1n) is 12.1. The normalized spacial score (nSPS) is 18.2. The highest BCUT2D eigenvalue weighted by molar-refractivity contribution is 5.99. The van der Waals surface area contributed by atoms with Gasteiger partial charge in [-0.2, -0.15) is 0 Å². The van der Waals surface area contributed by atoms with Gasteiger partial charge in [-0.15, -0.1) is 0 Å². The number of nitrogens with one attached hydrogen (secondary N) is 1. The first-order valence-corrected chi connectivity index (χ1v) is 12.1. The van der Waals surface area contributed by atoms with E-state index in [4.69, 9.17) is 9.72 Å². The molecule has 2 aliphatic heterocycles. The molecule has 0 saturated carbocycles. The second kappa shape index (κ2) is 10.2. The lowest BCUT2D eigenvalue weighted by Gasteiger charge is -2.38. The summed E-state index contributed by atoms with van der Waals surface area (Å²) in [5.74, 6) is 1.18. The zero-order valence-electron chi connectivity index (χ0n) is 19.6. The van der Waals surface area contributed by atoms with Crippen molar-refractivity contribution in [3.8, 4) is 11.4 Å². The average Bonchev–Trinajstić information content (AvgIpc) is 3.42. The van der Waals surface area contributed by atoms with Gasteiger partial charge in [-0.25, -0.2) is 9.97 Å². The maximum atomic E-state index is 13.2. The van der Waals surface area contributed by atoms with Crippen molar-refractivity contribution in [2.45, 2.75) is 25.9 Å². The summed E-state index contributed by atoms with van der Waals surface area (Å²) >= 11 is 0. The van der Waals surface area contributed by atoms with Crippen LogP contribution in [0.15, 0.2) is 60.8 Å². The lowest BCUT2D eigenvalue weighted by atomic mass is 10.1. The topological polar surface area (TPSA) is 70.6 Å². The van der Waals surface area contributed by atoms with Crippen molar-refractivity contribution in [1.29, 1.82) is 0 Å². The first kappa shape index (κ1) is 22.3. The van der Waals surface area contributed by atoms with E-state index in [1.54, 1.807) is 6.20 Å². The average molecular weight is 458 g/mol. The van der Waals surface area contributed by atoms with E-state index in [2.05, 4.69) is 51.3 Å². The highest BCUT2D eigenvalue weighted by Crippen LogP contribution is 2.26. The zero-order chi connectivity index (χ0) is 23.3. The maximum absolute atomic E-state index is 13.2. The number of hydrogen-bond donors (Lipinski definition) is 1. The summed E-state index contributed by atoms with van der Waals surface area (Å²) in [6, 6.07) is 18.4. The summed E-state index contributed by atoms with van der Waals surface area (Å²) in [6.07, 6.45) is 3.79. The van der Waals surface area contributed by atoms with E-state index in [1.165, 1.54) is 11.3 Å². The molecular weight excluding hydrogens is 426 g/mol. The minimum absolute atomic E-state index is 0.0922. The number of amides is 1. The van der Waals surface area contributed by atoms with Crippen LogP contribution in [0.1, 0.15) is 28.8 Å². The van der Waals surface area contributed by atoms with Gasteiger partial charge in [0.15, 0.2) is 5.82 Å². The smallest absolute Gasteiger partial charge is 0.256 e. The third kappa shape index (κ3) is 4.89. The minimum Gasteiger partial charge on any atom is -0.376 e. The number of piperazine rings is 1. The largest absolute Gasteiger partial charge is 0.376 e. The van der Waals surface area contributed by atoms with Gasteiger partial charge in [0, 0.05) is 56.8 Å². The van der Waals surface area contributed by atoms with Gasteiger partial charge in [-0.1, -0.05) is 48.5 Å². The molecule has 3 heterocycles. The number of nitrogens with zero attached hydrogens (tertiary/aromatic N) is 4. The van der Waals surface area contributed by atoms with Gasteiger partial charge in [0.2, 0.25) is 0 Å². The lowest BCUT2D eigenvalue weighted by Crippen LogP contribution is -2.47. The van der Waals surface area contributed by atoms with Gasteiger partial charge in [-0.3, -0.25) is 4.79 Å². The Balaban J connectivity index is 1.38. The number of hydrogen-bond acceptors (Lipinski definition) is 6. The molecular formula is C27H31N5O2. The molecule has 0 bridgehead atoms. The molecule has 5 rings (SSSR count). The van der Waals surface area contributed by atoms with E-state index in [0.29, 0.717) is 23.8 Å². The van der Waals surface area contributed by atoms with Crippen LogP contribution in [0.2, 0.25) is 0 Å². The fourth-order valence-corrected chi connectivity index (χ4v) is 4.68. The van der Waals surface area contributed by atoms with E-state index >= 15 is 0 Å². The van der Waals surface area contributed by atoms with Crippen LogP contribution < -0.4 is 15.1 Å². The monoisotopic (exact) mass is 457 g/mol. The molecule has 1 amide bonds. The number of anilines is 2. The van der Waals surface area contributed by atoms with E-state index in [-0.39, 0.29) is 12.0 Å². The molecule has 2 aromatic carbocycles. The van der Waals surface area contributed by atoms with Crippen LogP contribution in [0, 0.1) is 6.92 Å². The van der Waals surface area contributed by atoms with Crippen molar-refractivity contribution in [2.75, 3.05) is 49.1 Å². The molecule has 7 nitrogen and oxygen atoms in total. The molecule has 0 aliphatic carbocycles. The number of aryl methyl sites for hydroxylation is 1. The van der Waals surface area contributed by atoms with Gasteiger partial charge in [0.1, 0.15) is 11.4 Å². The lowest BCUT2D eigenvalue weighted by molar-refractivity contribution is 0.0857. The third-order valence-electron chi connectivity index (χ3n) is 6.59. The molecule has 2 fully saturated rings. The fourth-order valence-electron chi connectivity index (χ4n) is 4.68. The first-order chi connectivity index (χ1) is 16.7. The second-order valence-corrected chi connectivity index (χ2v) is 8.90. The highest BCUT2D eigenvalue weighted by Gasteiger charge is 2.26. The summed E-state index contributed by atoms with van der Waals surface area (Å²) in [4.78, 5) is 27.2. The molecule has 1 atom stereocenters. The highest BCUT2D eigenvalue weighted by atomic mass is 16.5. The number of aromatic nitrogens is 2. The summed E-state index contributed by atoms with van der Waals surface area (Å²) in [6.45, 7) is 6.73. The molecule has 0 spiro atoms. The molecule has 2 saturated heterocycles. The van der Waals surface area contributed by atoms with E-state index in [0.717, 1.165) is 51.2 Å². The van der Waals surface area contributed by atoms with Crippen LogP contribution in [0.3, 0.4) is 0 Å². The van der Waals surface area contributed by atoms with Crippen LogP contribution >= 0.6 is 0 Å². The molecule has 7 heteroatoms. The predicted octanol–water partition coefficient (Wildman–Crippen LogP) is 3.69. The third-order valence-corrected chi connectivity index (χ3v) is 6.59. The molecule has 0 radical (unpaired) electrons. The van der Waals surface area contributed by atoms with Gasteiger partial charge in [0.05, 0.1) is 6.10 Å². The maximum Gasteiger partial charge on any atom is 0.256 e. The van der Waals surface area contributed by atoms with Crippen molar-refractivity contribution in [2.24, 2.45) is 0 Å². The molecule has 2 aliphatic rings. The number of carbonyl (C=O) groups excluding carboxylic acids is 1.